The molecule has 2 aromatic carbocycles. The Labute approximate surface area is 541 Å². The van der Waals surface area contributed by atoms with Crippen molar-refractivity contribution in [1.29, 1.82) is 0 Å². The number of hydrogen-bond acceptors (Lipinski definition) is 18. The van der Waals surface area contributed by atoms with Crippen LogP contribution in [0.15, 0.2) is 107 Å². The number of esters is 1. The standard InChI is InChI=1S/C38H45BFN3O9.C23H19BFN3O8.BCl3/c1-36(2,3)50-35(48)24-10-8-9-20(33(24)49-7)13-22(39-51-30-15-21-14-29(37(21,4)5)38(30,6)52-39)16-28(46)32(31-26(40)17-23(44)18-42-31)43-34(47)25-19-41-12-11-27(25)45;25-16-8-13(29)9-27-19(16)20(28-22(32)15-10-26-5-4-17(15)30)18(31)7-12-6-11-2-1-3-14(23(33)34)21(11)36-24(12)35;2-1(3)4/h8-12,17-19,21-22,29-30,32,44H,13-16H2,1-7H3,(H,41,45)(H,43,47);1-5,8-10,12,20,29,35H,6-7H2,(H,26,30)(H,28,32)(H,33,34);/t21-,22+,29-,30?,32?,38-;12-,20?;/m01./s1. The summed E-state index contributed by atoms with van der Waals surface area (Å²) in [6.45, 7) is 11.8. The second-order valence-electron chi connectivity index (χ2n) is 24.2. The van der Waals surface area contributed by atoms with Crippen molar-refractivity contribution in [3.8, 4) is 23.0 Å². The van der Waals surface area contributed by atoms with Gasteiger partial charge in [0, 0.05) is 73.5 Å². The maximum absolute atomic E-state index is 15.4. The summed E-state index contributed by atoms with van der Waals surface area (Å²) in [6.07, 6.45) is 7.86. The molecule has 2 aliphatic heterocycles. The molecule has 11 rings (SSSR count). The number of ketones is 2. The Bertz CT molecular complexity index is 3920. The number of carboxylic acids is 1. The fourth-order valence-electron chi connectivity index (χ4n) is 12.2. The number of carboxylic acid groups (broad SMARTS) is 1. The summed E-state index contributed by atoms with van der Waals surface area (Å²) in [4.78, 5) is 115. The van der Waals surface area contributed by atoms with Crippen LogP contribution < -0.4 is 30.9 Å². The lowest BCUT2D eigenvalue weighted by molar-refractivity contribution is -0.199. The van der Waals surface area contributed by atoms with Gasteiger partial charge in [0.15, 0.2) is 34.1 Å². The van der Waals surface area contributed by atoms with Gasteiger partial charge in [-0.3, -0.25) is 38.7 Å². The number of carbonyl (C=O) groups is 6. The number of aromatic carboxylic acids is 1. The second-order valence-corrected chi connectivity index (χ2v) is 26.2. The van der Waals surface area contributed by atoms with E-state index in [-0.39, 0.29) is 70.5 Å². The van der Waals surface area contributed by atoms with Crippen molar-refractivity contribution in [2.75, 3.05) is 7.11 Å². The average molecular weight is 1330 g/mol. The minimum Gasteiger partial charge on any atom is -0.535 e. The van der Waals surface area contributed by atoms with Crippen molar-refractivity contribution in [2.45, 2.75) is 121 Å². The van der Waals surface area contributed by atoms with Crippen LogP contribution in [0.3, 0.4) is 0 Å². The molecule has 3 unspecified atom stereocenters. The fraction of sp³-hybridized carbons (Fsp3) is 0.377. The largest absolute Gasteiger partial charge is 0.535 e. The predicted octanol–water partition coefficient (Wildman–Crippen LogP) is 8.27. The van der Waals surface area contributed by atoms with Crippen molar-refractivity contribution in [3.63, 3.8) is 0 Å². The maximum Gasteiger partial charge on any atom is 0.526 e. The zero-order valence-corrected chi connectivity index (χ0v) is 52.9. The summed E-state index contributed by atoms with van der Waals surface area (Å²) in [7, 11) is -1.01. The molecule has 1 saturated heterocycles. The van der Waals surface area contributed by atoms with E-state index in [2.05, 4.69) is 51.3 Å². The molecule has 5 aliphatic rings. The van der Waals surface area contributed by atoms with Gasteiger partial charge < -0.3 is 64.4 Å². The highest BCUT2D eigenvalue weighted by Crippen LogP contribution is 2.66. The molecular weight excluding hydrogens is 1270 g/mol. The molecular formula is C61H64B3Cl3F2N6O17. The van der Waals surface area contributed by atoms with Crippen molar-refractivity contribution in [1.82, 2.24) is 30.6 Å². The van der Waals surface area contributed by atoms with Crippen LogP contribution in [0.2, 0.25) is 11.6 Å². The van der Waals surface area contributed by atoms with Crippen LogP contribution in [0.5, 0.6) is 23.0 Å². The zero-order valence-electron chi connectivity index (χ0n) is 50.6. The molecule has 6 aromatic rings. The van der Waals surface area contributed by atoms with Crippen LogP contribution in [0.1, 0.15) is 143 Å². The molecule has 484 valence electrons. The summed E-state index contributed by atoms with van der Waals surface area (Å²) in [6, 6.07) is 9.90. The van der Waals surface area contributed by atoms with Gasteiger partial charge in [-0.1, -0.05) is 38.1 Å². The summed E-state index contributed by atoms with van der Waals surface area (Å²) >= 11 is 14.4. The Morgan fingerprint density at radius 2 is 1.36 bits per heavy atom. The quantitative estimate of drug-likeness (QED) is 0.0296. The number of hydrogen-bond donors (Lipinski definition) is 8. The first-order valence-corrected chi connectivity index (χ1v) is 30.2. The van der Waals surface area contributed by atoms with Gasteiger partial charge in [0.2, 0.25) is 0 Å². The summed E-state index contributed by atoms with van der Waals surface area (Å²) < 4.78 is 60.3. The predicted molar refractivity (Wildman–Crippen MR) is 334 cm³/mol. The van der Waals surface area contributed by atoms with E-state index in [1.165, 1.54) is 37.8 Å². The highest BCUT2D eigenvalue weighted by Gasteiger charge is 2.68. The number of nitrogens with one attached hydrogen (secondary N) is 4. The molecule has 4 fully saturated rings. The normalized spacial score (nSPS) is 20.0. The molecule has 8 N–H and O–H groups in total. The van der Waals surface area contributed by atoms with Crippen molar-refractivity contribution in [3.05, 3.63) is 175 Å². The van der Waals surface area contributed by atoms with Gasteiger partial charge in [-0.15, -0.1) is 0 Å². The van der Waals surface area contributed by atoms with Gasteiger partial charge in [-0.05, 0) is 93.9 Å². The lowest BCUT2D eigenvalue weighted by atomic mass is 9.43. The van der Waals surface area contributed by atoms with E-state index in [1.54, 1.807) is 45.0 Å². The molecule has 23 nitrogen and oxygen atoms in total. The van der Waals surface area contributed by atoms with Crippen LogP contribution in [-0.2, 0) is 36.5 Å². The molecule has 0 spiro atoms. The lowest BCUT2D eigenvalue weighted by Crippen LogP contribution is -2.65. The number of H-pyrrole nitrogens is 2. The molecule has 3 aliphatic carbocycles. The number of aromatic amines is 2. The molecule has 2 amide bonds. The highest BCUT2D eigenvalue weighted by molar-refractivity contribution is 7.54. The van der Waals surface area contributed by atoms with E-state index in [0.29, 0.717) is 23.1 Å². The van der Waals surface area contributed by atoms with Crippen LogP contribution in [0.25, 0.3) is 0 Å². The number of carbonyl (C=O) groups excluding carboxylic acids is 5. The third-order valence-corrected chi connectivity index (χ3v) is 16.7. The number of methoxy groups -OCH3 is 1. The molecule has 0 radical (unpaired) electrons. The number of fused-ring (bicyclic) bond motifs is 1. The number of halogens is 5. The van der Waals surface area contributed by atoms with Gasteiger partial charge >= 0.3 is 31.1 Å². The van der Waals surface area contributed by atoms with E-state index >= 15 is 4.39 Å². The van der Waals surface area contributed by atoms with Crippen LogP contribution in [0.4, 0.5) is 8.78 Å². The van der Waals surface area contributed by atoms with Gasteiger partial charge in [0.1, 0.15) is 68.8 Å². The number of aromatic hydroxyl groups is 2. The van der Waals surface area contributed by atoms with Gasteiger partial charge in [0.25, 0.3) is 11.8 Å². The van der Waals surface area contributed by atoms with Gasteiger partial charge in [0.05, 0.1) is 36.8 Å². The third-order valence-electron chi connectivity index (χ3n) is 16.7. The number of aromatic nitrogens is 4. The monoisotopic (exact) mass is 1330 g/mol. The Hall–Kier alpha value is -8.14. The minimum atomic E-state index is -1.67. The van der Waals surface area contributed by atoms with Gasteiger partial charge in [-0.2, -0.15) is 34.4 Å². The Balaban J connectivity index is 0.000000237. The molecule has 31 heteroatoms. The number of amides is 2. The lowest BCUT2D eigenvalue weighted by Gasteiger charge is -2.64. The molecule has 6 heterocycles. The smallest absolute Gasteiger partial charge is 0.526 e. The number of nitrogens with zero attached hydrogens (tertiary/aromatic N) is 2. The van der Waals surface area contributed by atoms with Crippen LogP contribution >= 0.6 is 34.4 Å². The molecule has 92 heavy (non-hydrogen) atoms. The number of benzene rings is 2. The maximum atomic E-state index is 15.4. The Morgan fingerprint density at radius 3 is 1.87 bits per heavy atom. The summed E-state index contributed by atoms with van der Waals surface area (Å²) in [5.74, 6) is -8.88. The number of ether oxygens (including phenoxy) is 2. The highest BCUT2D eigenvalue weighted by atomic mass is 35.6. The molecule has 2 bridgehead atoms. The van der Waals surface area contributed by atoms with Crippen LogP contribution in [0, 0.1) is 28.9 Å². The zero-order chi connectivity index (χ0) is 67.3. The Morgan fingerprint density at radius 1 is 0.815 bits per heavy atom. The number of para-hydroxylation sites is 2. The topological polar surface area (TPSA) is 345 Å². The number of Topliss-reactive ketones (excluding diaryl/α,β-unsaturated/α-hetero) is 2. The molecule has 4 aromatic heterocycles. The SMILES string of the molecule is COc1c(C[C@H](CC(=O)C(NC(=O)c2c[nH]ccc2=O)c2ncc(O)cc2F)B2OC3C[C@@H]4C[C@@H](C4(C)C)[C@]3(C)O2)cccc1C(=O)OC(C)(C)C.ClB(Cl)Cl.O=C(O)c1cccc2c1OB(O)[C@@H](CC(=O)C(NC(=O)c1c[nH]ccc1=O)c1ncc(O)cc1F)C2. The summed E-state index contributed by atoms with van der Waals surface area (Å²) in [5.41, 5.74) is -3.08. The first kappa shape index (κ1) is 69.7. The van der Waals surface area contributed by atoms with Crippen LogP contribution in [-0.4, -0.2) is 119 Å². The minimum absolute atomic E-state index is 0.0133. The average Bonchev–Trinajstić information content (AvgIpc) is 1.39. The van der Waals surface area contributed by atoms with Crippen molar-refractivity contribution >= 4 is 88.9 Å². The van der Waals surface area contributed by atoms with Gasteiger partial charge in [-0.25, -0.2) is 18.4 Å². The van der Waals surface area contributed by atoms with Crippen molar-refractivity contribution in [2.24, 2.45) is 17.3 Å². The fourth-order valence-corrected chi connectivity index (χ4v) is 12.2. The number of pyridine rings is 4. The molecule has 3 saturated carbocycles. The van der Waals surface area contributed by atoms with E-state index in [4.69, 9.17) is 57.8 Å². The third kappa shape index (κ3) is 15.8. The van der Waals surface area contributed by atoms with E-state index < -0.39 is 141 Å². The molecule has 8 atom stereocenters. The van der Waals surface area contributed by atoms with E-state index in [9.17, 15) is 63.1 Å². The van der Waals surface area contributed by atoms with Crippen molar-refractivity contribution < 1.29 is 81.3 Å². The first-order valence-electron chi connectivity index (χ1n) is 28.9. The van der Waals surface area contributed by atoms with E-state index in [1.807, 2.05) is 0 Å². The number of rotatable bonds is 18. The van der Waals surface area contributed by atoms with E-state index in [0.717, 1.165) is 49.6 Å². The second kappa shape index (κ2) is 28.8. The Kier molecular flexibility index (Phi) is 21.8. The summed E-state index contributed by atoms with van der Waals surface area (Å²) in [5, 5.41) is 44.0. The first-order chi connectivity index (χ1) is 43.3.